The predicted octanol–water partition coefficient (Wildman–Crippen LogP) is 3.72. The summed E-state index contributed by atoms with van der Waals surface area (Å²) in [7, 11) is 0. The van der Waals surface area contributed by atoms with Gasteiger partial charge in [-0.05, 0) is 11.8 Å². The lowest BCUT2D eigenvalue weighted by atomic mass is 9.87. The van der Waals surface area contributed by atoms with Gasteiger partial charge in [-0.25, -0.2) is 0 Å². The highest BCUT2D eigenvalue weighted by Gasteiger charge is 2.28. The highest BCUT2D eigenvalue weighted by atomic mass is 19.4. The molecule has 2 nitrogen and oxygen atoms in total. The topological polar surface area (TPSA) is 21.3 Å². The second-order valence-corrected chi connectivity index (χ2v) is 5.09. The minimum absolute atomic E-state index is 0.132. The Morgan fingerprint density at radius 1 is 1.12 bits per heavy atom. The van der Waals surface area contributed by atoms with Gasteiger partial charge >= 0.3 is 6.36 Å². The van der Waals surface area contributed by atoms with Crippen molar-refractivity contribution in [1.29, 1.82) is 0 Å². The van der Waals surface area contributed by atoms with E-state index in [0.717, 1.165) is 13.0 Å². The first-order valence-electron chi connectivity index (χ1n) is 6.18. The molecule has 1 N–H and O–H groups in total. The fourth-order valence-corrected chi connectivity index (χ4v) is 1.61. The van der Waals surface area contributed by atoms with Crippen molar-refractivity contribution in [2.24, 2.45) is 5.41 Å². The summed E-state index contributed by atoms with van der Waals surface area (Å²) in [4.78, 5) is 0. The third kappa shape index (κ3) is 12.0. The van der Waals surface area contributed by atoms with Crippen LogP contribution in [0.2, 0.25) is 0 Å². The molecule has 0 aromatic heterocycles. The molecule has 17 heavy (non-hydrogen) atoms. The van der Waals surface area contributed by atoms with E-state index in [1.165, 1.54) is 19.3 Å². The molecule has 0 aliphatic carbocycles. The summed E-state index contributed by atoms with van der Waals surface area (Å²) in [6, 6.07) is 0. The SMILES string of the molecule is CCCCCC(C)(C)CNCCOC(F)(F)F. The van der Waals surface area contributed by atoms with E-state index in [2.05, 4.69) is 30.8 Å². The number of ether oxygens (including phenoxy) is 1. The molecule has 0 spiro atoms. The molecule has 0 aromatic carbocycles. The molecule has 0 saturated heterocycles. The maximum Gasteiger partial charge on any atom is 0.522 e. The van der Waals surface area contributed by atoms with Gasteiger partial charge in [0.2, 0.25) is 0 Å². The van der Waals surface area contributed by atoms with Crippen molar-refractivity contribution in [2.45, 2.75) is 52.8 Å². The number of hydrogen-bond donors (Lipinski definition) is 1. The van der Waals surface area contributed by atoms with Crippen LogP contribution in [0, 0.1) is 5.41 Å². The summed E-state index contributed by atoms with van der Waals surface area (Å²) in [5.74, 6) is 0. The summed E-state index contributed by atoms with van der Waals surface area (Å²) >= 11 is 0. The van der Waals surface area contributed by atoms with E-state index in [0.29, 0.717) is 0 Å². The van der Waals surface area contributed by atoms with E-state index in [9.17, 15) is 13.2 Å². The van der Waals surface area contributed by atoms with Crippen molar-refractivity contribution in [1.82, 2.24) is 5.32 Å². The first-order chi connectivity index (χ1) is 7.77. The van der Waals surface area contributed by atoms with Gasteiger partial charge in [-0.1, -0.05) is 40.0 Å². The van der Waals surface area contributed by atoms with Crippen molar-refractivity contribution < 1.29 is 17.9 Å². The Morgan fingerprint density at radius 2 is 1.76 bits per heavy atom. The van der Waals surface area contributed by atoms with Gasteiger partial charge in [0.05, 0.1) is 6.61 Å². The van der Waals surface area contributed by atoms with Crippen molar-refractivity contribution in [3.8, 4) is 0 Å². The van der Waals surface area contributed by atoms with Crippen molar-refractivity contribution >= 4 is 0 Å². The smallest absolute Gasteiger partial charge is 0.314 e. The second-order valence-electron chi connectivity index (χ2n) is 5.09. The molecule has 104 valence electrons. The summed E-state index contributed by atoms with van der Waals surface area (Å²) in [6.07, 6.45) is 0.139. The van der Waals surface area contributed by atoms with Gasteiger partial charge in [-0.15, -0.1) is 13.2 Å². The van der Waals surface area contributed by atoms with E-state index >= 15 is 0 Å². The highest BCUT2D eigenvalue weighted by Crippen LogP contribution is 2.22. The third-order valence-corrected chi connectivity index (χ3v) is 2.61. The van der Waals surface area contributed by atoms with Gasteiger partial charge in [0, 0.05) is 13.1 Å². The Bertz CT molecular complexity index is 193. The van der Waals surface area contributed by atoms with E-state index in [1.807, 2.05) is 0 Å². The number of hydrogen-bond acceptors (Lipinski definition) is 2. The van der Waals surface area contributed by atoms with Crippen LogP contribution in [0.25, 0.3) is 0 Å². The molecule has 0 saturated carbocycles. The number of nitrogens with one attached hydrogen (secondary N) is 1. The maximum absolute atomic E-state index is 11.7. The Hall–Kier alpha value is -0.290. The first-order valence-corrected chi connectivity index (χ1v) is 6.18. The minimum Gasteiger partial charge on any atom is -0.314 e. The largest absolute Gasteiger partial charge is 0.522 e. The van der Waals surface area contributed by atoms with E-state index in [4.69, 9.17) is 0 Å². The molecule has 0 aliphatic heterocycles. The average Bonchev–Trinajstić information content (AvgIpc) is 2.15. The molecule has 0 heterocycles. The third-order valence-electron chi connectivity index (χ3n) is 2.61. The molecule has 0 rings (SSSR count). The number of unbranched alkanes of at least 4 members (excludes halogenated alkanes) is 2. The van der Waals surface area contributed by atoms with Crippen LogP contribution < -0.4 is 5.32 Å². The second kappa shape index (κ2) is 7.93. The molecule has 0 bridgehead atoms. The van der Waals surface area contributed by atoms with Crippen molar-refractivity contribution in [3.05, 3.63) is 0 Å². The molecule has 0 atom stereocenters. The quantitative estimate of drug-likeness (QED) is 0.634. The fourth-order valence-electron chi connectivity index (χ4n) is 1.61. The van der Waals surface area contributed by atoms with Crippen LogP contribution in [0.1, 0.15) is 46.5 Å². The summed E-state index contributed by atoms with van der Waals surface area (Å²) in [5.41, 5.74) is 0.132. The Labute approximate surface area is 102 Å². The average molecular weight is 255 g/mol. The molecular formula is C12H24F3NO. The Morgan fingerprint density at radius 3 is 2.29 bits per heavy atom. The van der Waals surface area contributed by atoms with Crippen LogP contribution in [0.3, 0.4) is 0 Å². The molecule has 0 radical (unpaired) electrons. The predicted molar refractivity (Wildman–Crippen MR) is 62.8 cm³/mol. The van der Waals surface area contributed by atoms with Gasteiger partial charge < -0.3 is 5.32 Å². The standard InChI is InChI=1S/C12H24F3NO/c1-4-5-6-7-11(2,3)10-16-8-9-17-12(13,14)15/h16H,4-10H2,1-3H3. The van der Waals surface area contributed by atoms with Crippen LogP contribution in [-0.2, 0) is 4.74 Å². The zero-order valence-corrected chi connectivity index (χ0v) is 11.0. The van der Waals surface area contributed by atoms with E-state index in [1.54, 1.807) is 0 Å². The zero-order chi connectivity index (χ0) is 13.4. The van der Waals surface area contributed by atoms with Crippen molar-refractivity contribution in [3.63, 3.8) is 0 Å². The fraction of sp³-hybridized carbons (Fsp3) is 1.00. The minimum atomic E-state index is -4.52. The van der Waals surface area contributed by atoms with Gasteiger partial charge in [-0.3, -0.25) is 4.74 Å². The normalized spacial score (nSPS) is 13.1. The molecule has 0 aliphatic rings. The highest BCUT2D eigenvalue weighted by molar-refractivity contribution is 4.71. The molecule has 5 heteroatoms. The summed E-state index contributed by atoms with van der Waals surface area (Å²) < 4.78 is 38.7. The van der Waals surface area contributed by atoms with Gasteiger partial charge in [0.1, 0.15) is 0 Å². The Balaban J connectivity index is 3.51. The lowest BCUT2D eigenvalue weighted by Crippen LogP contribution is -2.32. The van der Waals surface area contributed by atoms with E-state index in [-0.39, 0.29) is 18.6 Å². The number of rotatable bonds is 9. The lowest BCUT2D eigenvalue weighted by Gasteiger charge is -2.25. The number of alkyl halides is 3. The van der Waals surface area contributed by atoms with Crippen LogP contribution in [0.5, 0.6) is 0 Å². The van der Waals surface area contributed by atoms with Gasteiger partial charge in [0.25, 0.3) is 0 Å². The van der Waals surface area contributed by atoms with Crippen LogP contribution in [-0.4, -0.2) is 26.1 Å². The molecular weight excluding hydrogens is 231 g/mol. The Kier molecular flexibility index (Phi) is 7.79. The summed E-state index contributed by atoms with van der Waals surface area (Å²) in [5, 5.41) is 3.00. The van der Waals surface area contributed by atoms with E-state index < -0.39 is 6.36 Å². The molecule has 0 fully saturated rings. The van der Waals surface area contributed by atoms with Gasteiger partial charge in [-0.2, -0.15) is 0 Å². The molecule has 0 unspecified atom stereocenters. The van der Waals surface area contributed by atoms with Crippen LogP contribution in [0.4, 0.5) is 13.2 Å². The monoisotopic (exact) mass is 255 g/mol. The molecule has 0 amide bonds. The zero-order valence-electron chi connectivity index (χ0n) is 11.0. The summed E-state index contributed by atoms with van der Waals surface area (Å²) in [6.45, 7) is 7.03. The lowest BCUT2D eigenvalue weighted by molar-refractivity contribution is -0.323. The van der Waals surface area contributed by atoms with Crippen LogP contribution >= 0.6 is 0 Å². The molecule has 0 aromatic rings. The van der Waals surface area contributed by atoms with Crippen LogP contribution in [0.15, 0.2) is 0 Å². The van der Waals surface area contributed by atoms with Crippen molar-refractivity contribution in [2.75, 3.05) is 19.7 Å². The maximum atomic E-state index is 11.7. The van der Waals surface area contributed by atoms with Gasteiger partial charge in [0.15, 0.2) is 0 Å². The number of halogens is 3. The first kappa shape index (κ1) is 16.7.